The summed E-state index contributed by atoms with van der Waals surface area (Å²) in [5.41, 5.74) is 7.34. The number of aliphatic hydroxyl groups excluding tert-OH is 1. The van der Waals surface area contributed by atoms with E-state index in [-0.39, 0.29) is 0 Å². The molecule has 4 rings (SSSR count). The van der Waals surface area contributed by atoms with E-state index in [1.165, 1.54) is 27.8 Å². The van der Waals surface area contributed by atoms with Gasteiger partial charge in [-0.3, -0.25) is 0 Å². The highest BCUT2D eigenvalue weighted by Crippen LogP contribution is 2.41. The van der Waals surface area contributed by atoms with Crippen LogP contribution in [0.25, 0.3) is 11.6 Å². The highest BCUT2D eigenvalue weighted by molar-refractivity contribution is 5.92. The minimum atomic E-state index is 0.514. The molecule has 0 spiro atoms. The van der Waals surface area contributed by atoms with E-state index < -0.39 is 0 Å². The molecule has 0 saturated heterocycles. The number of allylic oxidation sites excluding steroid dienone is 3. The summed E-state index contributed by atoms with van der Waals surface area (Å²) >= 11 is 0. The van der Waals surface area contributed by atoms with Crippen molar-refractivity contribution in [3.05, 3.63) is 82.1 Å². The first-order valence-electron chi connectivity index (χ1n) is 6.62. The van der Waals surface area contributed by atoms with Gasteiger partial charge in [0.25, 0.3) is 0 Å². The zero-order valence-corrected chi connectivity index (χ0v) is 10.6. The zero-order chi connectivity index (χ0) is 12.8. The lowest BCUT2D eigenvalue weighted by Gasteiger charge is -2.06. The summed E-state index contributed by atoms with van der Waals surface area (Å²) in [4.78, 5) is 0. The highest BCUT2D eigenvalue weighted by atomic mass is 16.3. The molecule has 1 N–H and O–H groups in total. The Morgan fingerprint density at radius 1 is 0.789 bits per heavy atom. The normalized spacial score (nSPS) is 16.3. The lowest BCUT2D eigenvalue weighted by atomic mass is 9.97. The van der Waals surface area contributed by atoms with Gasteiger partial charge in [-0.1, -0.05) is 54.6 Å². The fourth-order valence-corrected chi connectivity index (χ4v) is 3.14. The molecule has 0 aliphatic heterocycles. The van der Waals surface area contributed by atoms with Crippen molar-refractivity contribution in [2.45, 2.75) is 12.8 Å². The predicted molar refractivity (Wildman–Crippen MR) is 77.8 cm³/mol. The van der Waals surface area contributed by atoms with Crippen molar-refractivity contribution in [1.82, 2.24) is 0 Å². The Bertz CT molecular complexity index is 735. The van der Waals surface area contributed by atoms with Crippen LogP contribution in [0.15, 0.2) is 59.9 Å². The second-order valence-electron chi connectivity index (χ2n) is 5.20. The van der Waals surface area contributed by atoms with E-state index in [4.69, 9.17) is 0 Å². The second kappa shape index (κ2) is 3.86. The molecular formula is C18H14O. The summed E-state index contributed by atoms with van der Waals surface area (Å²) in [5, 5.41) is 10.3. The minimum Gasteiger partial charge on any atom is -0.511 e. The lowest BCUT2D eigenvalue weighted by molar-refractivity contribution is 0.405. The maximum absolute atomic E-state index is 10.3. The van der Waals surface area contributed by atoms with Gasteiger partial charge in [-0.15, -0.1) is 0 Å². The summed E-state index contributed by atoms with van der Waals surface area (Å²) in [5.74, 6) is 0.514. The molecule has 0 unspecified atom stereocenters. The van der Waals surface area contributed by atoms with Gasteiger partial charge in [-0.2, -0.15) is 0 Å². The molecule has 1 heteroatoms. The first-order valence-corrected chi connectivity index (χ1v) is 6.62. The van der Waals surface area contributed by atoms with Gasteiger partial charge >= 0.3 is 0 Å². The maximum atomic E-state index is 10.3. The molecule has 0 heterocycles. The van der Waals surface area contributed by atoms with Crippen LogP contribution < -0.4 is 0 Å². The van der Waals surface area contributed by atoms with Gasteiger partial charge in [0.15, 0.2) is 0 Å². The molecule has 1 nitrogen and oxygen atoms in total. The Morgan fingerprint density at radius 2 is 1.53 bits per heavy atom. The Morgan fingerprint density at radius 3 is 2.37 bits per heavy atom. The van der Waals surface area contributed by atoms with Crippen LogP contribution in [-0.2, 0) is 12.8 Å². The molecule has 2 aliphatic rings. The third-order valence-corrected chi connectivity index (χ3v) is 4.02. The molecular weight excluding hydrogens is 232 g/mol. The van der Waals surface area contributed by atoms with E-state index in [1.54, 1.807) is 0 Å². The van der Waals surface area contributed by atoms with Crippen LogP contribution in [0.4, 0.5) is 0 Å². The number of hydrogen-bond acceptors (Lipinski definition) is 1. The average molecular weight is 246 g/mol. The van der Waals surface area contributed by atoms with E-state index >= 15 is 0 Å². The standard InChI is InChI=1S/C18H14O/c19-17-11-14-7-3-4-8-16(14)18(17)15-9-12-5-1-2-6-13(12)10-15/h1-9,19H,10-11H2. The van der Waals surface area contributed by atoms with Crippen LogP contribution in [0.2, 0.25) is 0 Å². The molecule has 0 saturated carbocycles. The fraction of sp³-hybridized carbons (Fsp3) is 0.111. The lowest BCUT2D eigenvalue weighted by Crippen LogP contribution is -1.91. The smallest absolute Gasteiger partial charge is 0.105 e. The first-order chi connectivity index (χ1) is 9.33. The summed E-state index contributed by atoms with van der Waals surface area (Å²) < 4.78 is 0. The molecule has 2 aliphatic carbocycles. The molecule has 0 radical (unpaired) electrons. The van der Waals surface area contributed by atoms with Gasteiger partial charge in [0.1, 0.15) is 5.76 Å². The quantitative estimate of drug-likeness (QED) is 0.801. The Balaban J connectivity index is 1.82. The molecule has 0 atom stereocenters. The minimum absolute atomic E-state index is 0.514. The third-order valence-electron chi connectivity index (χ3n) is 4.02. The second-order valence-corrected chi connectivity index (χ2v) is 5.20. The first kappa shape index (κ1) is 10.6. The van der Waals surface area contributed by atoms with Gasteiger partial charge < -0.3 is 5.11 Å². The van der Waals surface area contributed by atoms with Gasteiger partial charge in [0, 0.05) is 12.0 Å². The van der Waals surface area contributed by atoms with Crippen LogP contribution in [-0.4, -0.2) is 5.11 Å². The number of aliphatic hydroxyl groups is 1. The van der Waals surface area contributed by atoms with Crippen molar-refractivity contribution >= 4 is 11.6 Å². The Hall–Kier alpha value is -2.28. The van der Waals surface area contributed by atoms with Gasteiger partial charge in [0.2, 0.25) is 0 Å². The van der Waals surface area contributed by atoms with Crippen molar-refractivity contribution in [3.8, 4) is 0 Å². The summed E-state index contributed by atoms with van der Waals surface area (Å²) in [6, 6.07) is 16.7. The molecule has 92 valence electrons. The number of benzene rings is 2. The SMILES string of the molecule is OC1=C(C2=Cc3ccccc3C2)c2ccccc2C1. The van der Waals surface area contributed by atoms with Crippen molar-refractivity contribution < 1.29 is 5.11 Å². The van der Waals surface area contributed by atoms with Crippen molar-refractivity contribution in [2.75, 3.05) is 0 Å². The largest absolute Gasteiger partial charge is 0.511 e. The summed E-state index contributed by atoms with van der Waals surface area (Å²) in [6.45, 7) is 0. The molecule has 0 fully saturated rings. The van der Waals surface area contributed by atoms with Crippen LogP contribution in [0.5, 0.6) is 0 Å². The van der Waals surface area contributed by atoms with Gasteiger partial charge in [0.05, 0.1) is 0 Å². The van der Waals surface area contributed by atoms with Gasteiger partial charge in [-0.05, 0) is 34.2 Å². The molecule has 0 aromatic heterocycles. The molecule has 2 aromatic carbocycles. The Kier molecular flexibility index (Phi) is 2.16. The average Bonchev–Trinajstić information content (AvgIpc) is 2.97. The van der Waals surface area contributed by atoms with Crippen LogP contribution in [0.1, 0.15) is 22.3 Å². The van der Waals surface area contributed by atoms with E-state index in [1.807, 2.05) is 12.1 Å². The maximum Gasteiger partial charge on any atom is 0.105 e. The summed E-state index contributed by atoms with van der Waals surface area (Å²) in [7, 11) is 0. The topological polar surface area (TPSA) is 20.2 Å². The van der Waals surface area contributed by atoms with E-state index in [9.17, 15) is 5.11 Å². The predicted octanol–water partition coefficient (Wildman–Crippen LogP) is 4.15. The highest BCUT2D eigenvalue weighted by Gasteiger charge is 2.26. The number of hydrogen-bond donors (Lipinski definition) is 1. The molecule has 2 aromatic rings. The van der Waals surface area contributed by atoms with Crippen molar-refractivity contribution in [3.63, 3.8) is 0 Å². The zero-order valence-electron chi connectivity index (χ0n) is 10.6. The third kappa shape index (κ3) is 1.55. The van der Waals surface area contributed by atoms with Crippen LogP contribution >= 0.6 is 0 Å². The van der Waals surface area contributed by atoms with Crippen LogP contribution in [0, 0.1) is 0 Å². The van der Waals surface area contributed by atoms with Crippen molar-refractivity contribution in [1.29, 1.82) is 0 Å². The van der Waals surface area contributed by atoms with Crippen LogP contribution in [0.3, 0.4) is 0 Å². The molecule has 0 amide bonds. The van der Waals surface area contributed by atoms with E-state index in [2.05, 4.69) is 42.5 Å². The molecule has 19 heavy (non-hydrogen) atoms. The van der Waals surface area contributed by atoms with Gasteiger partial charge in [-0.25, -0.2) is 0 Å². The monoisotopic (exact) mass is 246 g/mol. The van der Waals surface area contributed by atoms with E-state index in [0.29, 0.717) is 12.2 Å². The summed E-state index contributed by atoms with van der Waals surface area (Å²) in [6.07, 6.45) is 3.80. The van der Waals surface area contributed by atoms with Crippen molar-refractivity contribution in [2.24, 2.45) is 0 Å². The Labute approximate surface area is 112 Å². The number of fused-ring (bicyclic) bond motifs is 2. The fourth-order valence-electron chi connectivity index (χ4n) is 3.14. The molecule has 0 bridgehead atoms. The number of rotatable bonds is 1. The van der Waals surface area contributed by atoms with E-state index in [0.717, 1.165) is 12.0 Å².